The SMILES string of the molecule is CC(COc1ccc(C(C)(C)C)cc1)NC(=O)CC1CSCCN1.Cl. The van der Waals surface area contributed by atoms with Crippen molar-refractivity contribution in [3.05, 3.63) is 29.8 Å². The van der Waals surface area contributed by atoms with Gasteiger partial charge in [-0.1, -0.05) is 32.9 Å². The third-order valence-corrected chi connectivity index (χ3v) is 5.19. The highest BCUT2D eigenvalue weighted by Gasteiger charge is 2.18. The first-order chi connectivity index (χ1) is 11.3. The van der Waals surface area contributed by atoms with Gasteiger partial charge in [0.1, 0.15) is 12.4 Å². The zero-order valence-electron chi connectivity index (χ0n) is 15.6. The first kappa shape index (κ1) is 22.1. The van der Waals surface area contributed by atoms with Gasteiger partial charge in [0.15, 0.2) is 0 Å². The number of amides is 1. The van der Waals surface area contributed by atoms with E-state index in [2.05, 4.69) is 43.5 Å². The fourth-order valence-corrected chi connectivity index (χ4v) is 3.57. The summed E-state index contributed by atoms with van der Waals surface area (Å²) < 4.78 is 5.79. The molecule has 0 aliphatic carbocycles. The average Bonchev–Trinajstić information content (AvgIpc) is 2.53. The van der Waals surface area contributed by atoms with Crippen LogP contribution in [-0.2, 0) is 10.2 Å². The molecule has 0 spiro atoms. The van der Waals surface area contributed by atoms with Crippen LogP contribution in [0.1, 0.15) is 39.7 Å². The number of nitrogens with one attached hydrogen (secondary N) is 2. The molecule has 1 aliphatic heterocycles. The molecule has 1 aliphatic rings. The summed E-state index contributed by atoms with van der Waals surface area (Å²) in [6.07, 6.45) is 0.539. The lowest BCUT2D eigenvalue weighted by Crippen LogP contribution is -2.44. The molecule has 2 N–H and O–H groups in total. The maximum atomic E-state index is 12.1. The van der Waals surface area contributed by atoms with E-state index in [4.69, 9.17) is 4.74 Å². The molecule has 142 valence electrons. The first-order valence-electron chi connectivity index (χ1n) is 8.68. The van der Waals surface area contributed by atoms with Gasteiger partial charge < -0.3 is 15.4 Å². The smallest absolute Gasteiger partial charge is 0.221 e. The Bertz CT molecular complexity index is 525. The highest BCUT2D eigenvalue weighted by atomic mass is 35.5. The van der Waals surface area contributed by atoms with Crippen LogP contribution in [0.25, 0.3) is 0 Å². The van der Waals surface area contributed by atoms with Gasteiger partial charge in [-0.3, -0.25) is 4.79 Å². The zero-order chi connectivity index (χ0) is 17.6. The van der Waals surface area contributed by atoms with Crippen LogP contribution < -0.4 is 15.4 Å². The fraction of sp³-hybridized carbons (Fsp3) is 0.632. The van der Waals surface area contributed by atoms with Crippen molar-refractivity contribution in [3.8, 4) is 5.75 Å². The second kappa shape index (κ2) is 10.3. The monoisotopic (exact) mass is 386 g/mol. The van der Waals surface area contributed by atoms with Gasteiger partial charge in [0.05, 0.1) is 6.04 Å². The Morgan fingerprint density at radius 1 is 1.36 bits per heavy atom. The Morgan fingerprint density at radius 3 is 2.60 bits per heavy atom. The van der Waals surface area contributed by atoms with Crippen LogP contribution in [0.5, 0.6) is 5.75 Å². The van der Waals surface area contributed by atoms with Gasteiger partial charge in [-0.15, -0.1) is 12.4 Å². The Kier molecular flexibility index (Phi) is 9.11. The number of halogens is 1. The van der Waals surface area contributed by atoms with E-state index >= 15 is 0 Å². The number of hydrogen-bond donors (Lipinski definition) is 2. The summed E-state index contributed by atoms with van der Waals surface area (Å²) in [6, 6.07) is 8.49. The number of rotatable bonds is 6. The second-order valence-electron chi connectivity index (χ2n) is 7.48. The van der Waals surface area contributed by atoms with Gasteiger partial charge in [-0.05, 0) is 30.0 Å². The van der Waals surface area contributed by atoms with Gasteiger partial charge in [0.25, 0.3) is 0 Å². The van der Waals surface area contributed by atoms with Crippen LogP contribution in [0.15, 0.2) is 24.3 Å². The molecule has 1 saturated heterocycles. The van der Waals surface area contributed by atoms with Crippen LogP contribution in [-0.4, -0.2) is 42.6 Å². The summed E-state index contributed by atoms with van der Waals surface area (Å²) in [5, 5.41) is 6.41. The molecule has 0 bridgehead atoms. The van der Waals surface area contributed by atoms with Gasteiger partial charge in [-0.25, -0.2) is 0 Å². The predicted molar refractivity (Wildman–Crippen MR) is 109 cm³/mol. The van der Waals surface area contributed by atoms with E-state index in [9.17, 15) is 4.79 Å². The number of carbonyl (C=O) groups is 1. The highest BCUT2D eigenvalue weighted by Crippen LogP contribution is 2.24. The van der Waals surface area contributed by atoms with Crippen LogP contribution in [0.2, 0.25) is 0 Å². The standard InChI is InChI=1S/C19H30N2O2S.ClH/c1-14(21-18(22)11-16-13-24-10-9-20-16)12-23-17-7-5-15(6-8-17)19(2,3)4;/h5-8,14,16,20H,9-13H2,1-4H3,(H,21,22);1H. The minimum Gasteiger partial charge on any atom is -0.491 e. The van der Waals surface area contributed by atoms with E-state index in [1.807, 2.05) is 30.8 Å². The lowest BCUT2D eigenvalue weighted by molar-refractivity contribution is -0.122. The Morgan fingerprint density at radius 2 is 2.04 bits per heavy atom. The van der Waals surface area contributed by atoms with Gasteiger partial charge >= 0.3 is 0 Å². The van der Waals surface area contributed by atoms with Crippen molar-refractivity contribution in [2.45, 2.75) is 51.6 Å². The Balaban J connectivity index is 0.00000312. The van der Waals surface area contributed by atoms with Crippen molar-refractivity contribution >= 4 is 30.1 Å². The summed E-state index contributed by atoms with van der Waals surface area (Å²) in [4.78, 5) is 12.1. The zero-order valence-corrected chi connectivity index (χ0v) is 17.3. The molecule has 6 heteroatoms. The molecule has 0 radical (unpaired) electrons. The van der Waals surface area contributed by atoms with Crippen LogP contribution in [0, 0.1) is 0 Å². The predicted octanol–water partition coefficient (Wildman–Crippen LogP) is 3.38. The van der Waals surface area contributed by atoms with Crippen molar-refractivity contribution < 1.29 is 9.53 Å². The van der Waals surface area contributed by atoms with Crippen LogP contribution in [0.4, 0.5) is 0 Å². The minimum absolute atomic E-state index is 0. The molecule has 0 saturated carbocycles. The molecule has 1 heterocycles. The number of hydrogen-bond acceptors (Lipinski definition) is 4. The molecule has 4 nitrogen and oxygen atoms in total. The van der Waals surface area contributed by atoms with Crippen molar-refractivity contribution in [2.24, 2.45) is 0 Å². The molecule has 25 heavy (non-hydrogen) atoms. The van der Waals surface area contributed by atoms with E-state index in [-0.39, 0.29) is 29.8 Å². The number of thioether (sulfide) groups is 1. The minimum atomic E-state index is -0.00367. The molecular weight excluding hydrogens is 356 g/mol. The number of carbonyl (C=O) groups excluding carboxylic acids is 1. The van der Waals surface area contributed by atoms with E-state index in [0.717, 1.165) is 23.8 Å². The van der Waals surface area contributed by atoms with E-state index in [1.165, 1.54) is 5.56 Å². The normalized spacial score (nSPS) is 18.8. The van der Waals surface area contributed by atoms with Gasteiger partial charge in [-0.2, -0.15) is 11.8 Å². The second-order valence-corrected chi connectivity index (χ2v) is 8.63. The molecule has 1 amide bonds. The maximum absolute atomic E-state index is 12.1. The van der Waals surface area contributed by atoms with Crippen molar-refractivity contribution in [1.29, 1.82) is 0 Å². The van der Waals surface area contributed by atoms with E-state index in [1.54, 1.807) is 0 Å². The molecular formula is C19H31ClN2O2S. The molecule has 1 aromatic carbocycles. The summed E-state index contributed by atoms with van der Waals surface area (Å²) in [7, 11) is 0. The lowest BCUT2D eigenvalue weighted by Gasteiger charge is -2.23. The third kappa shape index (κ3) is 7.89. The average molecular weight is 387 g/mol. The van der Waals surface area contributed by atoms with Crippen molar-refractivity contribution in [3.63, 3.8) is 0 Å². The molecule has 1 aromatic rings. The third-order valence-electron chi connectivity index (χ3n) is 4.06. The van der Waals surface area contributed by atoms with Gasteiger partial charge in [0, 0.05) is 30.5 Å². The molecule has 0 aromatic heterocycles. The van der Waals surface area contributed by atoms with E-state index in [0.29, 0.717) is 19.1 Å². The summed E-state index contributed by atoms with van der Waals surface area (Å²) in [6.45, 7) is 10.0. The first-order valence-corrected chi connectivity index (χ1v) is 9.84. The Hall–Kier alpha value is -0.910. The maximum Gasteiger partial charge on any atom is 0.221 e. The fourth-order valence-electron chi connectivity index (χ4n) is 2.62. The molecule has 2 atom stereocenters. The molecule has 1 fully saturated rings. The van der Waals surface area contributed by atoms with E-state index < -0.39 is 0 Å². The molecule has 2 rings (SSSR count). The summed E-state index contributed by atoms with van der Waals surface area (Å²) >= 11 is 1.91. The number of benzene rings is 1. The van der Waals surface area contributed by atoms with Gasteiger partial charge in [0.2, 0.25) is 5.91 Å². The topological polar surface area (TPSA) is 50.4 Å². The van der Waals surface area contributed by atoms with Crippen LogP contribution >= 0.6 is 24.2 Å². The van der Waals surface area contributed by atoms with Crippen LogP contribution in [0.3, 0.4) is 0 Å². The number of ether oxygens (including phenoxy) is 1. The van der Waals surface area contributed by atoms with Crippen molar-refractivity contribution in [2.75, 3.05) is 24.7 Å². The van der Waals surface area contributed by atoms with Crippen molar-refractivity contribution in [1.82, 2.24) is 10.6 Å². The largest absolute Gasteiger partial charge is 0.491 e. The quantitative estimate of drug-likeness (QED) is 0.786. The highest BCUT2D eigenvalue weighted by molar-refractivity contribution is 7.99. The Labute approximate surface area is 162 Å². The lowest BCUT2D eigenvalue weighted by atomic mass is 9.87. The summed E-state index contributed by atoms with van der Waals surface area (Å²) in [5.74, 6) is 3.08. The summed E-state index contributed by atoms with van der Waals surface area (Å²) in [5.41, 5.74) is 1.43. The molecule has 2 unspecified atom stereocenters.